The molecule has 3 nitrogen and oxygen atoms in total. The second-order valence-electron chi connectivity index (χ2n) is 4.68. The Bertz CT molecular complexity index is 192. The van der Waals surface area contributed by atoms with E-state index in [-0.39, 0.29) is 0 Å². The summed E-state index contributed by atoms with van der Waals surface area (Å²) in [4.78, 5) is 13.9. The number of carbonyl (C=O) groups is 1. The quantitative estimate of drug-likeness (QED) is 0.728. The molecule has 0 aromatic carbocycles. The van der Waals surface area contributed by atoms with Gasteiger partial charge in [-0.15, -0.1) is 0 Å². The molecule has 1 atom stereocenters. The van der Waals surface area contributed by atoms with Crippen LogP contribution in [0.15, 0.2) is 0 Å². The van der Waals surface area contributed by atoms with Gasteiger partial charge in [-0.1, -0.05) is 13.8 Å². The van der Waals surface area contributed by atoms with E-state index in [1.54, 1.807) is 0 Å². The lowest BCUT2D eigenvalue weighted by Gasteiger charge is -2.32. The van der Waals surface area contributed by atoms with E-state index in [9.17, 15) is 4.79 Å². The summed E-state index contributed by atoms with van der Waals surface area (Å²) in [5, 5.41) is 3.33. The van der Waals surface area contributed by atoms with Gasteiger partial charge in [-0.25, -0.2) is 0 Å². The van der Waals surface area contributed by atoms with Gasteiger partial charge in [0.25, 0.3) is 0 Å². The lowest BCUT2D eigenvalue weighted by Crippen LogP contribution is -2.50. The van der Waals surface area contributed by atoms with E-state index < -0.39 is 0 Å². The van der Waals surface area contributed by atoms with E-state index in [1.807, 2.05) is 0 Å². The van der Waals surface area contributed by atoms with Gasteiger partial charge in [-0.2, -0.15) is 0 Å². The molecular formula is C11H22N2O. The Morgan fingerprint density at radius 1 is 1.57 bits per heavy atom. The standard InChI is InChI=1S/C11H22N2O/c1-9(2)6-11(14)7-10-8-12-4-5-13(10)3/h9-10,12H,4-8H2,1-3H3. The van der Waals surface area contributed by atoms with Crippen molar-refractivity contribution in [1.82, 2.24) is 10.2 Å². The number of hydrogen-bond donors (Lipinski definition) is 1. The summed E-state index contributed by atoms with van der Waals surface area (Å²) in [5.41, 5.74) is 0. The Balaban J connectivity index is 2.31. The maximum absolute atomic E-state index is 11.6. The van der Waals surface area contributed by atoms with E-state index in [1.165, 1.54) is 0 Å². The largest absolute Gasteiger partial charge is 0.314 e. The number of nitrogens with one attached hydrogen (secondary N) is 1. The Kier molecular flexibility index (Phi) is 4.55. The molecule has 1 aliphatic heterocycles. The fourth-order valence-corrected chi connectivity index (χ4v) is 1.89. The van der Waals surface area contributed by atoms with Gasteiger partial charge in [-0.3, -0.25) is 4.79 Å². The predicted molar refractivity (Wildman–Crippen MR) is 58.4 cm³/mol. The molecule has 0 radical (unpaired) electrons. The molecule has 1 fully saturated rings. The van der Waals surface area contributed by atoms with Crippen molar-refractivity contribution in [3.63, 3.8) is 0 Å². The molecule has 0 spiro atoms. The summed E-state index contributed by atoms with van der Waals surface area (Å²) in [6.07, 6.45) is 1.44. The van der Waals surface area contributed by atoms with Crippen molar-refractivity contribution < 1.29 is 4.79 Å². The minimum absolute atomic E-state index is 0.403. The Morgan fingerprint density at radius 2 is 2.29 bits per heavy atom. The van der Waals surface area contributed by atoms with Crippen molar-refractivity contribution >= 4 is 5.78 Å². The van der Waals surface area contributed by atoms with Gasteiger partial charge in [0.1, 0.15) is 5.78 Å². The van der Waals surface area contributed by atoms with E-state index in [0.29, 0.717) is 24.2 Å². The zero-order valence-corrected chi connectivity index (χ0v) is 9.55. The first-order valence-corrected chi connectivity index (χ1v) is 5.52. The van der Waals surface area contributed by atoms with E-state index in [4.69, 9.17) is 0 Å². The molecule has 1 rings (SSSR count). The van der Waals surface area contributed by atoms with Crippen molar-refractivity contribution in [2.45, 2.75) is 32.7 Å². The Labute approximate surface area is 86.9 Å². The molecule has 1 unspecified atom stereocenters. The fraction of sp³-hybridized carbons (Fsp3) is 0.909. The number of nitrogens with zero attached hydrogens (tertiary/aromatic N) is 1. The molecule has 0 saturated carbocycles. The van der Waals surface area contributed by atoms with Crippen molar-refractivity contribution in [1.29, 1.82) is 0 Å². The normalized spacial score (nSPS) is 24.1. The summed E-state index contributed by atoms with van der Waals surface area (Å²) in [6.45, 7) is 7.26. The van der Waals surface area contributed by atoms with Gasteiger partial charge in [0, 0.05) is 38.5 Å². The third-order valence-corrected chi connectivity index (χ3v) is 2.74. The lowest BCUT2D eigenvalue weighted by atomic mass is 10.00. The van der Waals surface area contributed by atoms with Crippen LogP contribution in [-0.4, -0.2) is 43.4 Å². The number of likely N-dealkylation sites (N-methyl/N-ethyl adjacent to an activating group) is 1. The molecule has 82 valence electrons. The average Bonchev–Trinajstić information content (AvgIpc) is 2.07. The van der Waals surface area contributed by atoms with Crippen LogP contribution in [0.1, 0.15) is 26.7 Å². The van der Waals surface area contributed by atoms with Gasteiger partial charge in [0.05, 0.1) is 0 Å². The fourth-order valence-electron chi connectivity index (χ4n) is 1.89. The zero-order valence-electron chi connectivity index (χ0n) is 9.55. The number of ketones is 1. The maximum atomic E-state index is 11.6. The monoisotopic (exact) mass is 198 g/mol. The molecule has 3 heteroatoms. The van der Waals surface area contributed by atoms with Crippen LogP contribution >= 0.6 is 0 Å². The molecule has 0 aromatic heterocycles. The van der Waals surface area contributed by atoms with Crippen molar-refractivity contribution in [2.24, 2.45) is 5.92 Å². The highest BCUT2D eigenvalue weighted by molar-refractivity contribution is 5.79. The number of rotatable bonds is 4. The topological polar surface area (TPSA) is 32.3 Å². The first-order valence-electron chi connectivity index (χ1n) is 5.52. The molecule has 0 aromatic rings. The first-order chi connectivity index (χ1) is 6.59. The second-order valence-corrected chi connectivity index (χ2v) is 4.68. The molecule has 14 heavy (non-hydrogen) atoms. The molecule has 0 aliphatic carbocycles. The van der Waals surface area contributed by atoms with Crippen LogP contribution < -0.4 is 5.32 Å². The smallest absolute Gasteiger partial charge is 0.134 e. The molecule has 0 amide bonds. The minimum Gasteiger partial charge on any atom is -0.314 e. The van der Waals surface area contributed by atoms with Crippen LogP contribution in [0.5, 0.6) is 0 Å². The van der Waals surface area contributed by atoms with Crippen LogP contribution in [0, 0.1) is 5.92 Å². The van der Waals surface area contributed by atoms with Crippen molar-refractivity contribution in [3.8, 4) is 0 Å². The number of carbonyl (C=O) groups excluding carboxylic acids is 1. The summed E-state index contributed by atoms with van der Waals surface area (Å²) in [6, 6.07) is 0.412. The predicted octanol–water partition coefficient (Wildman–Crippen LogP) is 0.895. The van der Waals surface area contributed by atoms with Gasteiger partial charge >= 0.3 is 0 Å². The van der Waals surface area contributed by atoms with Gasteiger partial charge < -0.3 is 10.2 Å². The summed E-state index contributed by atoms with van der Waals surface area (Å²) in [5.74, 6) is 0.893. The molecule has 1 N–H and O–H groups in total. The number of piperazine rings is 1. The number of Topliss-reactive ketones (excluding diaryl/α,β-unsaturated/α-hetero) is 1. The van der Waals surface area contributed by atoms with Gasteiger partial charge in [0.2, 0.25) is 0 Å². The average molecular weight is 198 g/mol. The first kappa shape index (κ1) is 11.7. The van der Waals surface area contributed by atoms with Crippen LogP contribution in [0.2, 0.25) is 0 Å². The SMILES string of the molecule is CC(C)CC(=O)CC1CNCCN1C. The second kappa shape index (κ2) is 5.47. The molecular weight excluding hydrogens is 176 g/mol. The molecule has 1 aliphatic rings. The molecule has 0 bridgehead atoms. The van der Waals surface area contributed by atoms with Crippen LogP contribution in [-0.2, 0) is 4.79 Å². The van der Waals surface area contributed by atoms with Crippen LogP contribution in [0.4, 0.5) is 0 Å². The third-order valence-electron chi connectivity index (χ3n) is 2.74. The molecule has 1 saturated heterocycles. The number of hydrogen-bond acceptors (Lipinski definition) is 3. The van der Waals surface area contributed by atoms with Crippen molar-refractivity contribution in [3.05, 3.63) is 0 Å². The van der Waals surface area contributed by atoms with Gasteiger partial charge in [0.15, 0.2) is 0 Å². The highest BCUT2D eigenvalue weighted by atomic mass is 16.1. The summed E-state index contributed by atoms with van der Waals surface area (Å²) < 4.78 is 0. The third kappa shape index (κ3) is 3.76. The highest BCUT2D eigenvalue weighted by Gasteiger charge is 2.21. The lowest BCUT2D eigenvalue weighted by molar-refractivity contribution is -0.121. The van der Waals surface area contributed by atoms with E-state index >= 15 is 0 Å². The Morgan fingerprint density at radius 3 is 2.86 bits per heavy atom. The Hall–Kier alpha value is -0.410. The molecule has 1 heterocycles. The van der Waals surface area contributed by atoms with Gasteiger partial charge in [-0.05, 0) is 13.0 Å². The minimum atomic E-state index is 0.403. The van der Waals surface area contributed by atoms with Crippen molar-refractivity contribution in [2.75, 3.05) is 26.7 Å². The van der Waals surface area contributed by atoms with E-state index in [2.05, 4.69) is 31.1 Å². The van der Waals surface area contributed by atoms with Crippen LogP contribution in [0.25, 0.3) is 0 Å². The van der Waals surface area contributed by atoms with Crippen LogP contribution in [0.3, 0.4) is 0 Å². The zero-order chi connectivity index (χ0) is 10.6. The summed E-state index contributed by atoms with van der Waals surface area (Å²) >= 11 is 0. The maximum Gasteiger partial charge on any atom is 0.134 e. The highest BCUT2D eigenvalue weighted by Crippen LogP contribution is 2.09. The summed E-state index contributed by atoms with van der Waals surface area (Å²) in [7, 11) is 2.11. The van der Waals surface area contributed by atoms with E-state index in [0.717, 1.165) is 26.1 Å².